The van der Waals surface area contributed by atoms with Crippen LogP contribution >= 0.6 is 0 Å². The van der Waals surface area contributed by atoms with E-state index in [2.05, 4.69) is 59.0 Å². The van der Waals surface area contributed by atoms with Gasteiger partial charge in [0.1, 0.15) is 0 Å². The summed E-state index contributed by atoms with van der Waals surface area (Å²) >= 11 is 0. The number of aromatic nitrogens is 1. The van der Waals surface area contributed by atoms with Crippen LogP contribution in [0.3, 0.4) is 0 Å². The standard InChI is InChI=1S/C17H23N3/c1-14(2)20-11-9-19(10-12-20)13-15-7-8-18-17-6-4-3-5-16(15)17/h3-8,14H,9-13H2,1-2H3. The Balaban J connectivity index is 1.72. The van der Waals surface area contributed by atoms with E-state index in [1.165, 1.54) is 24.0 Å². The van der Waals surface area contributed by atoms with Crippen molar-refractivity contribution in [2.24, 2.45) is 0 Å². The molecule has 0 saturated carbocycles. The molecule has 1 saturated heterocycles. The van der Waals surface area contributed by atoms with E-state index in [1.54, 1.807) is 0 Å². The summed E-state index contributed by atoms with van der Waals surface area (Å²) < 4.78 is 0. The largest absolute Gasteiger partial charge is 0.298 e. The Morgan fingerprint density at radius 3 is 2.55 bits per heavy atom. The molecule has 106 valence electrons. The number of rotatable bonds is 3. The van der Waals surface area contributed by atoms with Gasteiger partial charge in [-0.25, -0.2) is 0 Å². The molecule has 1 aromatic heterocycles. The predicted octanol–water partition coefficient (Wildman–Crippen LogP) is 2.76. The molecule has 0 aliphatic carbocycles. The lowest BCUT2D eigenvalue weighted by Gasteiger charge is -2.37. The number of benzene rings is 1. The van der Waals surface area contributed by atoms with Gasteiger partial charge in [0.25, 0.3) is 0 Å². The molecule has 3 nitrogen and oxygen atoms in total. The molecule has 1 aliphatic rings. The maximum Gasteiger partial charge on any atom is 0.0705 e. The molecule has 0 spiro atoms. The molecule has 1 fully saturated rings. The van der Waals surface area contributed by atoms with Gasteiger partial charge in [-0.05, 0) is 31.5 Å². The smallest absolute Gasteiger partial charge is 0.0705 e. The summed E-state index contributed by atoms with van der Waals surface area (Å²) in [6.07, 6.45) is 1.93. The van der Waals surface area contributed by atoms with E-state index in [1.807, 2.05) is 6.20 Å². The van der Waals surface area contributed by atoms with Crippen LogP contribution in [-0.4, -0.2) is 47.0 Å². The van der Waals surface area contributed by atoms with Crippen LogP contribution in [0, 0.1) is 0 Å². The van der Waals surface area contributed by atoms with Gasteiger partial charge in [-0.15, -0.1) is 0 Å². The number of piperazine rings is 1. The summed E-state index contributed by atoms with van der Waals surface area (Å²) in [7, 11) is 0. The van der Waals surface area contributed by atoms with Gasteiger partial charge in [0.05, 0.1) is 5.52 Å². The second-order valence-electron chi connectivity index (χ2n) is 5.89. The van der Waals surface area contributed by atoms with Crippen LogP contribution in [0.4, 0.5) is 0 Å². The third-order valence-electron chi connectivity index (χ3n) is 4.27. The van der Waals surface area contributed by atoms with Crippen LogP contribution in [0.2, 0.25) is 0 Å². The SMILES string of the molecule is CC(C)N1CCN(Cc2ccnc3ccccc23)CC1. The van der Waals surface area contributed by atoms with Gasteiger partial charge in [0.15, 0.2) is 0 Å². The first-order chi connectivity index (χ1) is 9.74. The van der Waals surface area contributed by atoms with Crippen LogP contribution in [0.1, 0.15) is 19.4 Å². The highest BCUT2D eigenvalue weighted by Gasteiger charge is 2.19. The van der Waals surface area contributed by atoms with Crippen molar-refractivity contribution in [2.45, 2.75) is 26.4 Å². The van der Waals surface area contributed by atoms with Crippen molar-refractivity contribution >= 4 is 10.9 Å². The highest BCUT2D eigenvalue weighted by molar-refractivity contribution is 5.81. The van der Waals surface area contributed by atoms with E-state index in [4.69, 9.17) is 0 Å². The Hall–Kier alpha value is -1.45. The van der Waals surface area contributed by atoms with Crippen molar-refractivity contribution in [1.29, 1.82) is 0 Å². The van der Waals surface area contributed by atoms with E-state index in [0.717, 1.165) is 25.2 Å². The molecule has 1 aliphatic heterocycles. The molecule has 3 heteroatoms. The van der Waals surface area contributed by atoms with Gasteiger partial charge in [-0.1, -0.05) is 18.2 Å². The summed E-state index contributed by atoms with van der Waals surface area (Å²) in [6.45, 7) is 10.3. The average Bonchev–Trinajstić information content (AvgIpc) is 2.48. The quantitative estimate of drug-likeness (QED) is 0.854. The minimum atomic E-state index is 0.666. The Labute approximate surface area is 121 Å². The highest BCUT2D eigenvalue weighted by atomic mass is 15.3. The van der Waals surface area contributed by atoms with Gasteiger partial charge in [0, 0.05) is 50.3 Å². The summed E-state index contributed by atoms with van der Waals surface area (Å²) in [5, 5.41) is 1.29. The third kappa shape index (κ3) is 2.84. The molecule has 0 unspecified atom stereocenters. The molecule has 0 radical (unpaired) electrons. The minimum absolute atomic E-state index is 0.666. The molecule has 2 heterocycles. The summed E-state index contributed by atoms with van der Waals surface area (Å²) in [4.78, 5) is 9.56. The maximum atomic E-state index is 4.44. The Morgan fingerprint density at radius 1 is 1.05 bits per heavy atom. The van der Waals surface area contributed by atoms with E-state index in [-0.39, 0.29) is 0 Å². The summed E-state index contributed by atoms with van der Waals surface area (Å²) in [5.41, 5.74) is 2.50. The van der Waals surface area contributed by atoms with Crippen molar-refractivity contribution in [3.05, 3.63) is 42.1 Å². The summed E-state index contributed by atoms with van der Waals surface area (Å²) in [5.74, 6) is 0. The summed E-state index contributed by atoms with van der Waals surface area (Å²) in [6, 6.07) is 11.3. The first-order valence-electron chi connectivity index (χ1n) is 7.53. The second-order valence-corrected chi connectivity index (χ2v) is 5.89. The lowest BCUT2D eigenvalue weighted by atomic mass is 10.1. The van der Waals surface area contributed by atoms with Gasteiger partial charge >= 0.3 is 0 Å². The third-order valence-corrected chi connectivity index (χ3v) is 4.27. The van der Waals surface area contributed by atoms with E-state index in [9.17, 15) is 0 Å². The molecule has 0 N–H and O–H groups in total. The molecular weight excluding hydrogens is 246 g/mol. The van der Waals surface area contributed by atoms with Gasteiger partial charge in [-0.3, -0.25) is 14.8 Å². The lowest BCUT2D eigenvalue weighted by molar-refractivity contribution is 0.104. The highest BCUT2D eigenvalue weighted by Crippen LogP contribution is 2.18. The zero-order valence-electron chi connectivity index (χ0n) is 12.4. The number of hydrogen-bond acceptors (Lipinski definition) is 3. The van der Waals surface area contributed by atoms with Gasteiger partial charge in [-0.2, -0.15) is 0 Å². The van der Waals surface area contributed by atoms with E-state index < -0.39 is 0 Å². The van der Waals surface area contributed by atoms with Crippen molar-refractivity contribution in [2.75, 3.05) is 26.2 Å². The Kier molecular flexibility index (Phi) is 3.99. The Morgan fingerprint density at radius 2 is 1.80 bits per heavy atom. The number of para-hydroxylation sites is 1. The first-order valence-corrected chi connectivity index (χ1v) is 7.53. The molecule has 0 amide bonds. The van der Waals surface area contributed by atoms with Crippen molar-refractivity contribution in [3.63, 3.8) is 0 Å². The zero-order chi connectivity index (χ0) is 13.9. The topological polar surface area (TPSA) is 19.4 Å². The average molecular weight is 269 g/mol. The number of hydrogen-bond donors (Lipinski definition) is 0. The monoisotopic (exact) mass is 269 g/mol. The molecule has 0 atom stereocenters. The molecule has 2 aromatic rings. The van der Waals surface area contributed by atoms with Crippen LogP contribution < -0.4 is 0 Å². The second kappa shape index (κ2) is 5.90. The molecule has 1 aromatic carbocycles. The number of pyridine rings is 1. The van der Waals surface area contributed by atoms with Crippen LogP contribution in [0.15, 0.2) is 36.5 Å². The predicted molar refractivity (Wildman–Crippen MR) is 83.7 cm³/mol. The minimum Gasteiger partial charge on any atom is -0.298 e. The molecule has 3 rings (SSSR count). The van der Waals surface area contributed by atoms with Crippen molar-refractivity contribution in [1.82, 2.24) is 14.8 Å². The maximum absolute atomic E-state index is 4.44. The van der Waals surface area contributed by atoms with Crippen LogP contribution in [0.5, 0.6) is 0 Å². The lowest BCUT2D eigenvalue weighted by Crippen LogP contribution is -2.48. The molecule has 0 bridgehead atoms. The fourth-order valence-corrected chi connectivity index (χ4v) is 2.97. The van der Waals surface area contributed by atoms with Crippen molar-refractivity contribution in [3.8, 4) is 0 Å². The molecular formula is C17H23N3. The van der Waals surface area contributed by atoms with E-state index >= 15 is 0 Å². The van der Waals surface area contributed by atoms with Gasteiger partial charge < -0.3 is 0 Å². The first kappa shape index (κ1) is 13.5. The normalized spacial score (nSPS) is 17.9. The fraction of sp³-hybridized carbons (Fsp3) is 0.471. The van der Waals surface area contributed by atoms with E-state index in [0.29, 0.717) is 6.04 Å². The number of nitrogens with zero attached hydrogens (tertiary/aromatic N) is 3. The van der Waals surface area contributed by atoms with Crippen LogP contribution in [0.25, 0.3) is 10.9 Å². The van der Waals surface area contributed by atoms with Crippen LogP contribution in [-0.2, 0) is 6.54 Å². The number of fused-ring (bicyclic) bond motifs is 1. The molecule has 20 heavy (non-hydrogen) atoms. The van der Waals surface area contributed by atoms with Crippen molar-refractivity contribution < 1.29 is 0 Å². The Bertz CT molecular complexity index is 566. The van der Waals surface area contributed by atoms with Gasteiger partial charge in [0.2, 0.25) is 0 Å². The zero-order valence-corrected chi connectivity index (χ0v) is 12.4. The fourth-order valence-electron chi connectivity index (χ4n) is 2.97.